The minimum Gasteiger partial charge on any atom is -0.454 e. The summed E-state index contributed by atoms with van der Waals surface area (Å²) in [6.45, 7) is 0.462. The normalized spacial score (nSPS) is 13.5. The van der Waals surface area contributed by atoms with Crippen LogP contribution in [0.5, 0.6) is 23.0 Å². The van der Waals surface area contributed by atoms with Crippen molar-refractivity contribution in [3.8, 4) is 23.0 Å². The van der Waals surface area contributed by atoms with E-state index in [2.05, 4.69) is 25.8 Å². The third-order valence-electron chi connectivity index (χ3n) is 3.83. The number of aromatic nitrogens is 3. The molecule has 3 aromatic rings. The van der Waals surface area contributed by atoms with Crippen LogP contribution in [0.25, 0.3) is 0 Å². The summed E-state index contributed by atoms with van der Waals surface area (Å²) in [5.74, 6) is 3.71. The minimum atomic E-state index is 0.228. The summed E-state index contributed by atoms with van der Waals surface area (Å²) >= 11 is 0. The fourth-order valence-corrected chi connectivity index (χ4v) is 2.64. The number of rotatable bonds is 4. The number of fused-ring (bicyclic) bond motifs is 2. The molecule has 0 radical (unpaired) electrons. The van der Waals surface area contributed by atoms with Crippen LogP contribution in [0.3, 0.4) is 0 Å². The quantitative estimate of drug-likeness (QED) is 0.735. The highest BCUT2D eigenvalue weighted by molar-refractivity contribution is 5.64. The summed E-state index contributed by atoms with van der Waals surface area (Å²) in [6.07, 6.45) is 1.54. The Morgan fingerprint density at radius 3 is 2.04 bits per heavy atom. The average Bonchev–Trinajstić information content (AvgIpc) is 3.30. The third kappa shape index (κ3) is 2.75. The number of benzene rings is 2. The van der Waals surface area contributed by atoms with Gasteiger partial charge in [0.2, 0.25) is 19.5 Å². The summed E-state index contributed by atoms with van der Waals surface area (Å²) in [4.78, 5) is 4.41. The molecule has 0 unspecified atom stereocenters. The van der Waals surface area contributed by atoms with Crippen molar-refractivity contribution in [1.82, 2.24) is 15.2 Å². The first-order valence-corrected chi connectivity index (χ1v) is 7.86. The van der Waals surface area contributed by atoms with Crippen LogP contribution in [0.1, 0.15) is 0 Å². The molecule has 130 valence electrons. The summed E-state index contributed by atoms with van der Waals surface area (Å²) in [7, 11) is 0. The predicted molar refractivity (Wildman–Crippen MR) is 91.5 cm³/mol. The number of hydrogen-bond acceptors (Lipinski definition) is 9. The van der Waals surface area contributed by atoms with Crippen molar-refractivity contribution < 1.29 is 18.9 Å². The molecule has 5 rings (SSSR count). The van der Waals surface area contributed by atoms with Gasteiger partial charge in [-0.15, -0.1) is 5.10 Å². The van der Waals surface area contributed by atoms with Gasteiger partial charge in [0.25, 0.3) is 0 Å². The van der Waals surface area contributed by atoms with Crippen LogP contribution < -0.4 is 29.6 Å². The number of nitrogens with zero attached hydrogens (tertiary/aromatic N) is 3. The summed E-state index contributed by atoms with van der Waals surface area (Å²) in [5.41, 5.74) is 1.58. The van der Waals surface area contributed by atoms with Crippen molar-refractivity contribution >= 4 is 23.1 Å². The van der Waals surface area contributed by atoms with Gasteiger partial charge in [0.1, 0.15) is 0 Å². The molecule has 0 saturated carbocycles. The summed E-state index contributed by atoms with van der Waals surface area (Å²) in [5, 5.41) is 14.2. The molecule has 0 saturated heterocycles. The van der Waals surface area contributed by atoms with Crippen LogP contribution in [0.4, 0.5) is 23.1 Å². The molecule has 0 spiro atoms. The SMILES string of the molecule is c1cc2c(cc1Nc1cnnc(Nc3ccc4c(c3)OCO4)n1)OCO2. The topological polar surface area (TPSA) is 99.7 Å². The van der Waals surface area contributed by atoms with Crippen LogP contribution in [-0.2, 0) is 0 Å². The van der Waals surface area contributed by atoms with E-state index in [0.717, 1.165) is 17.1 Å². The maximum Gasteiger partial charge on any atom is 0.249 e. The van der Waals surface area contributed by atoms with Crippen LogP contribution in [0.2, 0.25) is 0 Å². The molecule has 0 bridgehead atoms. The lowest BCUT2D eigenvalue weighted by molar-refractivity contribution is 0.173. The molecule has 1 aromatic heterocycles. The van der Waals surface area contributed by atoms with Crippen molar-refractivity contribution in [3.05, 3.63) is 42.6 Å². The van der Waals surface area contributed by atoms with Crippen molar-refractivity contribution in [2.24, 2.45) is 0 Å². The van der Waals surface area contributed by atoms with Crippen LogP contribution in [0.15, 0.2) is 42.6 Å². The van der Waals surface area contributed by atoms with Gasteiger partial charge in [-0.2, -0.15) is 10.1 Å². The Labute approximate surface area is 147 Å². The fourth-order valence-electron chi connectivity index (χ4n) is 2.64. The fraction of sp³-hybridized carbons (Fsp3) is 0.118. The van der Waals surface area contributed by atoms with Gasteiger partial charge in [0, 0.05) is 23.5 Å². The van der Waals surface area contributed by atoms with Crippen molar-refractivity contribution in [3.63, 3.8) is 0 Å². The van der Waals surface area contributed by atoms with Crippen LogP contribution in [0, 0.1) is 0 Å². The highest BCUT2D eigenvalue weighted by Gasteiger charge is 2.15. The molecule has 9 heteroatoms. The van der Waals surface area contributed by atoms with Gasteiger partial charge in [-0.1, -0.05) is 0 Å². The average molecular weight is 351 g/mol. The van der Waals surface area contributed by atoms with E-state index in [1.54, 1.807) is 0 Å². The zero-order valence-corrected chi connectivity index (χ0v) is 13.4. The van der Waals surface area contributed by atoms with Crippen LogP contribution >= 0.6 is 0 Å². The number of anilines is 4. The van der Waals surface area contributed by atoms with E-state index in [9.17, 15) is 0 Å². The molecule has 9 nitrogen and oxygen atoms in total. The number of hydrogen-bond donors (Lipinski definition) is 2. The van der Waals surface area contributed by atoms with E-state index in [1.807, 2.05) is 36.4 Å². The molecule has 2 aliphatic rings. The van der Waals surface area contributed by atoms with Crippen molar-refractivity contribution in [1.29, 1.82) is 0 Å². The Kier molecular flexibility index (Phi) is 3.34. The van der Waals surface area contributed by atoms with E-state index in [-0.39, 0.29) is 13.6 Å². The Hall–Kier alpha value is -3.75. The molecule has 0 atom stereocenters. The van der Waals surface area contributed by atoms with Gasteiger partial charge < -0.3 is 29.6 Å². The molecular weight excluding hydrogens is 338 g/mol. The van der Waals surface area contributed by atoms with E-state index >= 15 is 0 Å². The lowest BCUT2D eigenvalue weighted by Gasteiger charge is -2.08. The molecule has 0 aliphatic carbocycles. The zero-order chi connectivity index (χ0) is 17.3. The Bertz CT molecular complexity index is 906. The van der Waals surface area contributed by atoms with Crippen molar-refractivity contribution in [2.45, 2.75) is 0 Å². The first kappa shape index (κ1) is 14.6. The summed E-state index contributed by atoms with van der Waals surface area (Å²) < 4.78 is 21.3. The standard InChI is InChI=1S/C17H13N5O4/c1-3-12-14(25-8-23-12)5-10(1)19-16-7-18-22-17(21-16)20-11-2-4-13-15(6-11)26-9-24-13/h1-7H,8-9H2,(H2,19,20,21,22). The van der Waals surface area contributed by atoms with E-state index in [1.165, 1.54) is 6.20 Å². The van der Waals surface area contributed by atoms with Gasteiger partial charge >= 0.3 is 0 Å². The van der Waals surface area contributed by atoms with Gasteiger partial charge in [0.15, 0.2) is 28.8 Å². The lowest BCUT2D eigenvalue weighted by atomic mass is 10.3. The van der Waals surface area contributed by atoms with Gasteiger partial charge in [0.05, 0.1) is 6.20 Å². The van der Waals surface area contributed by atoms with Crippen molar-refractivity contribution in [2.75, 3.05) is 24.2 Å². The van der Waals surface area contributed by atoms with Gasteiger partial charge in [-0.25, -0.2) is 0 Å². The Morgan fingerprint density at radius 2 is 1.35 bits per heavy atom. The maximum absolute atomic E-state index is 5.37. The monoisotopic (exact) mass is 351 g/mol. The van der Waals surface area contributed by atoms with E-state index < -0.39 is 0 Å². The van der Waals surface area contributed by atoms with Crippen LogP contribution in [-0.4, -0.2) is 28.8 Å². The first-order chi connectivity index (χ1) is 12.8. The third-order valence-corrected chi connectivity index (χ3v) is 3.83. The largest absolute Gasteiger partial charge is 0.454 e. The molecule has 0 amide bonds. The molecule has 2 aromatic carbocycles. The molecule has 3 heterocycles. The predicted octanol–water partition coefficient (Wildman–Crippen LogP) is 2.82. The smallest absolute Gasteiger partial charge is 0.249 e. The van der Waals surface area contributed by atoms with E-state index in [4.69, 9.17) is 18.9 Å². The number of nitrogens with one attached hydrogen (secondary N) is 2. The second-order valence-electron chi connectivity index (χ2n) is 5.55. The molecule has 2 N–H and O–H groups in total. The van der Waals surface area contributed by atoms with Gasteiger partial charge in [-0.3, -0.25) is 0 Å². The number of ether oxygens (including phenoxy) is 4. The molecule has 2 aliphatic heterocycles. The lowest BCUT2D eigenvalue weighted by Crippen LogP contribution is -2.02. The molecular formula is C17H13N5O4. The minimum absolute atomic E-state index is 0.228. The Morgan fingerprint density at radius 1 is 0.731 bits per heavy atom. The highest BCUT2D eigenvalue weighted by atomic mass is 16.7. The molecule has 0 fully saturated rings. The highest BCUT2D eigenvalue weighted by Crippen LogP contribution is 2.36. The zero-order valence-electron chi connectivity index (χ0n) is 13.4. The Balaban J connectivity index is 1.34. The maximum atomic E-state index is 5.37. The first-order valence-electron chi connectivity index (χ1n) is 7.86. The second-order valence-corrected chi connectivity index (χ2v) is 5.55. The van der Waals surface area contributed by atoms with E-state index in [0.29, 0.717) is 29.0 Å². The molecule has 26 heavy (non-hydrogen) atoms. The van der Waals surface area contributed by atoms with Gasteiger partial charge in [-0.05, 0) is 24.3 Å². The summed E-state index contributed by atoms with van der Waals surface area (Å²) in [6, 6.07) is 11.1. The second kappa shape index (κ2) is 5.96.